The van der Waals surface area contributed by atoms with Crippen LogP contribution >= 0.6 is 11.6 Å². The summed E-state index contributed by atoms with van der Waals surface area (Å²) in [6, 6.07) is 5.32. The maximum Gasteiger partial charge on any atom is 0.240 e. The molecule has 17 heavy (non-hydrogen) atoms. The summed E-state index contributed by atoms with van der Waals surface area (Å²) in [6.07, 6.45) is 1.57. The van der Waals surface area contributed by atoms with Crippen LogP contribution in [0.3, 0.4) is 0 Å². The molecule has 0 aliphatic carbocycles. The summed E-state index contributed by atoms with van der Waals surface area (Å²) >= 11 is 5.53. The molecule has 1 rings (SSSR count). The minimum absolute atomic E-state index is 0.356. The Labute approximate surface area is 108 Å². The number of aryl methyl sites for hydroxylation is 2. The van der Waals surface area contributed by atoms with Crippen molar-refractivity contribution in [2.45, 2.75) is 31.6 Å². The van der Waals surface area contributed by atoms with Gasteiger partial charge in [-0.25, -0.2) is 13.1 Å². The molecular formula is C12H18ClNO2S. The topological polar surface area (TPSA) is 46.2 Å². The van der Waals surface area contributed by atoms with Gasteiger partial charge in [-0.05, 0) is 38.3 Å². The highest BCUT2D eigenvalue weighted by molar-refractivity contribution is 7.89. The van der Waals surface area contributed by atoms with E-state index in [1.165, 1.54) is 0 Å². The van der Waals surface area contributed by atoms with E-state index >= 15 is 0 Å². The molecule has 0 aliphatic heterocycles. The Morgan fingerprint density at radius 2 is 1.94 bits per heavy atom. The van der Waals surface area contributed by atoms with Gasteiger partial charge < -0.3 is 0 Å². The molecular weight excluding hydrogens is 258 g/mol. The lowest BCUT2D eigenvalue weighted by Crippen LogP contribution is -2.25. The molecule has 0 bridgehead atoms. The SMILES string of the molecule is Cc1ccc(S(=O)(=O)NCCCCCl)c(C)c1. The lowest BCUT2D eigenvalue weighted by Gasteiger charge is -2.09. The van der Waals surface area contributed by atoms with Gasteiger partial charge >= 0.3 is 0 Å². The first-order chi connectivity index (χ1) is 7.97. The Balaban J connectivity index is 2.76. The number of alkyl halides is 1. The zero-order chi connectivity index (χ0) is 12.9. The van der Waals surface area contributed by atoms with Gasteiger partial charge in [0.15, 0.2) is 0 Å². The molecule has 0 aromatic heterocycles. The number of unbranched alkanes of at least 4 members (excludes halogenated alkanes) is 1. The molecule has 1 aromatic rings. The van der Waals surface area contributed by atoms with Gasteiger partial charge in [-0.15, -0.1) is 11.6 Å². The fraction of sp³-hybridized carbons (Fsp3) is 0.500. The van der Waals surface area contributed by atoms with E-state index in [2.05, 4.69) is 4.72 Å². The first-order valence-electron chi connectivity index (χ1n) is 5.60. The highest BCUT2D eigenvalue weighted by atomic mass is 35.5. The Morgan fingerprint density at radius 1 is 1.24 bits per heavy atom. The van der Waals surface area contributed by atoms with Crippen molar-refractivity contribution in [3.63, 3.8) is 0 Å². The average molecular weight is 276 g/mol. The largest absolute Gasteiger partial charge is 0.240 e. The van der Waals surface area contributed by atoms with Crippen molar-refractivity contribution in [3.8, 4) is 0 Å². The van der Waals surface area contributed by atoms with Gasteiger partial charge in [-0.3, -0.25) is 0 Å². The lowest BCUT2D eigenvalue weighted by atomic mass is 10.2. The smallest absolute Gasteiger partial charge is 0.211 e. The molecule has 1 aromatic carbocycles. The second-order valence-corrected chi connectivity index (χ2v) is 6.18. The Kier molecular flexibility index (Phi) is 5.43. The average Bonchev–Trinajstić information content (AvgIpc) is 2.24. The predicted molar refractivity (Wildman–Crippen MR) is 71.1 cm³/mol. The first kappa shape index (κ1) is 14.5. The van der Waals surface area contributed by atoms with Gasteiger partial charge in [0, 0.05) is 12.4 Å². The van der Waals surface area contributed by atoms with Crippen LogP contribution in [0.2, 0.25) is 0 Å². The molecule has 96 valence electrons. The van der Waals surface area contributed by atoms with Gasteiger partial charge in [0.25, 0.3) is 0 Å². The normalized spacial score (nSPS) is 11.7. The number of benzene rings is 1. The Bertz CT molecular complexity index is 471. The summed E-state index contributed by atoms with van der Waals surface area (Å²) < 4.78 is 26.6. The van der Waals surface area contributed by atoms with Crippen LogP contribution in [0, 0.1) is 13.8 Å². The molecule has 0 saturated carbocycles. The van der Waals surface area contributed by atoms with Crippen LogP contribution in [0.25, 0.3) is 0 Å². The zero-order valence-corrected chi connectivity index (χ0v) is 11.7. The van der Waals surface area contributed by atoms with E-state index in [1.54, 1.807) is 19.1 Å². The van der Waals surface area contributed by atoms with Gasteiger partial charge in [0.1, 0.15) is 0 Å². The maximum absolute atomic E-state index is 12.0. The minimum Gasteiger partial charge on any atom is -0.211 e. The van der Waals surface area contributed by atoms with Gasteiger partial charge in [-0.2, -0.15) is 0 Å². The molecule has 0 heterocycles. The van der Waals surface area contributed by atoms with Crippen LogP contribution in [0.1, 0.15) is 24.0 Å². The number of sulfonamides is 1. The van der Waals surface area contributed by atoms with Crippen LogP contribution in [0.5, 0.6) is 0 Å². The zero-order valence-electron chi connectivity index (χ0n) is 10.2. The highest BCUT2D eigenvalue weighted by Crippen LogP contribution is 2.16. The maximum atomic E-state index is 12.0. The number of rotatable bonds is 6. The molecule has 0 fully saturated rings. The van der Waals surface area contributed by atoms with Crippen molar-refractivity contribution < 1.29 is 8.42 Å². The standard InChI is InChI=1S/C12H18ClNO2S/c1-10-5-6-12(11(2)9-10)17(15,16)14-8-4-3-7-13/h5-6,9,14H,3-4,7-8H2,1-2H3. The highest BCUT2D eigenvalue weighted by Gasteiger charge is 2.15. The van der Waals surface area contributed by atoms with Crippen molar-refractivity contribution in [1.29, 1.82) is 0 Å². The monoisotopic (exact) mass is 275 g/mol. The summed E-state index contributed by atoms with van der Waals surface area (Å²) in [7, 11) is -3.38. The van der Waals surface area contributed by atoms with Crippen LogP contribution in [-0.4, -0.2) is 20.8 Å². The van der Waals surface area contributed by atoms with Crippen molar-refractivity contribution in [3.05, 3.63) is 29.3 Å². The quantitative estimate of drug-likeness (QED) is 0.641. The third kappa shape index (κ3) is 4.30. The van der Waals surface area contributed by atoms with E-state index in [4.69, 9.17) is 11.6 Å². The van der Waals surface area contributed by atoms with E-state index in [9.17, 15) is 8.42 Å². The third-order valence-corrected chi connectivity index (χ3v) is 4.36. The summed E-state index contributed by atoms with van der Waals surface area (Å²) in [5.41, 5.74) is 1.83. The molecule has 3 nitrogen and oxygen atoms in total. The molecule has 0 spiro atoms. The van der Waals surface area contributed by atoms with E-state index < -0.39 is 10.0 Å². The molecule has 0 radical (unpaired) electrons. The third-order valence-electron chi connectivity index (χ3n) is 2.47. The van der Waals surface area contributed by atoms with E-state index in [1.807, 2.05) is 13.0 Å². The Hall–Kier alpha value is -0.580. The van der Waals surface area contributed by atoms with Crippen LogP contribution in [0.4, 0.5) is 0 Å². The molecule has 0 amide bonds. The van der Waals surface area contributed by atoms with E-state index in [0.29, 0.717) is 17.3 Å². The van der Waals surface area contributed by atoms with Crippen LogP contribution in [-0.2, 0) is 10.0 Å². The lowest BCUT2D eigenvalue weighted by molar-refractivity contribution is 0.578. The van der Waals surface area contributed by atoms with Crippen molar-refractivity contribution in [2.24, 2.45) is 0 Å². The molecule has 0 aliphatic rings. The van der Waals surface area contributed by atoms with Crippen molar-refractivity contribution >= 4 is 21.6 Å². The summed E-state index contributed by atoms with van der Waals surface area (Å²) in [6.45, 7) is 4.18. The molecule has 0 unspecified atom stereocenters. The number of hydrogen-bond donors (Lipinski definition) is 1. The molecule has 1 N–H and O–H groups in total. The molecule has 5 heteroatoms. The predicted octanol–water partition coefficient (Wildman–Crippen LogP) is 2.60. The van der Waals surface area contributed by atoms with Gasteiger partial charge in [0.2, 0.25) is 10.0 Å². The summed E-state index contributed by atoms with van der Waals surface area (Å²) in [4.78, 5) is 0.356. The number of halogens is 1. The van der Waals surface area contributed by atoms with Crippen LogP contribution < -0.4 is 4.72 Å². The fourth-order valence-electron chi connectivity index (χ4n) is 1.60. The van der Waals surface area contributed by atoms with Gasteiger partial charge in [0.05, 0.1) is 4.90 Å². The summed E-state index contributed by atoms with van der Waals surface area (Å²) in [5.74, 6) is 0.561. The fourth-order valence-corrected chi connectivity index (χ4v) is 3.09. The first-order valence-corrected chi connectivity index (χ1v) is 7.62. The molecule has 0 atom stereocenters. The second kappa shape index (κ2) is 6.38. The number of nitrogens with one attached hydrogen (secondary N) is 1. The minimum atomic E-state index is -3.38. The second-order valence-electron chi connectivity index (χ2n) is 4.06. The number of hydrogen-bond acceptors (Lipinski definition) is 2. The molecule has 0 saturated heterocycles. The van der Waals surface area contributed by atoms with Crippen molar-refractivity contribution in [2.75, 3.05) is 12.4 Å². The Morgan fingerprint density at radius 3 is 2.53 bits per heavy atom. The van der Waals surface area contributed by atoms with Crippen LogP contribution in [0.15, 0.2) is 23.1 Å². The van der Waals surface area contributed by atoms with E-state index in [-0.39, 0.29) is 0 Å². The summed E-state index contributed by atoms with van der Waals surface area (Å²) in [5, 5.41) is 0. The van der Waals surface area contributed by atoms with E-state index in [0.717, 1.165) is 24.0 Å². The van der Waals surface area contributed by atoms with Crippen molar-refractivity contribution in [1.82, 2.24) is 4.72 Å². The van der Waals surface area contributed by atoms with Gasteiger partial charge in [-0.1, -0.05) is 17.7 Å².